The number of rotatable bonds is 7. The lowest BCUT2D eigenvalue weighted by Gasteiger charge is -2.46. The van der Waals surface area contributed by atoms with Crippen molar-refractivity contribution in [3.63, 3.8) is 0 Å². The minimum Gasteiger partial charge on any atom is -0.490 e. The second-order valence-corrected chi connectivity index (χ2v) is 19.2. The molecule has 5 aliphatic rings. The van der Waals surface area contributed by atoms with Crippen molar-refractivity contribution >= 4 is 39.3 Å². The van der Waals surface area contributed by atoms with Crippen molar-refractivity contribution < 1.29 is 37.3 Å². The van der Waals surface area contributed by atoms with Crippen LogP contribution in [0.4, 0.5) is 5.69 Å². The summed E-state index contributed by atoms with van der Waals surface area (Å²) in [5, 5.41) is 13.1. The molecule has 13 nitrogen and oxygen atoms in total. The summed E-state index contributed by atoms with van der Waals surface area (Å²) in [5.41, 5.74) is 0.322. The normalized spacial score (nSPS) is 30.5. The highest BCUT2D eigenvalue weighted by Gasteiger charge is 2.47. The first-order chi connectivity index (χ1) is 27.2. The molecule has 0 unspecified atom stereocenters. The van der Waals surface area contributed by atoms with Crippen molar-refractivity contribution in [2.24, 2.45) is 11.8 Å². The minimum absolute atomic E-state index is 0.102. The number of aliphatic hydroxyl groups is 1. The van der Waals surface area contributed by atoms with Crippen LogP contribution in [-0.4, -0.2) is 132 Å². The molecule has 3 heterocycles. The fourth-order valence-electron chi connectivity index (χ4n) is 9.21. The molecular formula is C42H58ClN5O8S. The van der Waals surface area contributed by atoms with Gasteiger partial charge in [0.2, 0.25) is 5.91 Å². The van der Waals surface area contributed by atoms with E-state index in [9.17, 15) is 23.1 Å². The Morgan fingerprint density at radius 2 is 1.98 bits per heavy atom. The van der Waals surface area contributed by atoms with Gasteiger partial charge in [-0.05, 0) is 98.2 Å². The van der Waals surface area contributed by atoms with Gasteiger partial charge in [0, 0.05) is 70.3 Å². The molecule has 2 amide bonds. The van der Waals surface area contributed by atoms with Crippen molar-refractivity contribution in [1.82, 2.24) is 18.8 Å². The number of hydrogen-bond donors (Lipinski definition) is 2. The largest absolute Gasteiger partial charge is 0.490 e. The number of amides is 2. The smallest absolute Gasteiger partial charge is 0.303 e. The van der Waals surface area contributed by atoms with Crippen LogP contribution < -0.4 is 14.4 Å². The number of carbonyl (C=O) groups is 2. The van der Waals surface area contributed by atoms with E-state index in [0.717, 1.165) is 62.7 Å². The van der Waals surface area contributed by atoms with Crippen molar-refractivity contribution in [2.75, 3.05) is 85.2 Å². The maximum Gasteiger partial charge on any atom is 0.303 e. The second-order valence-electron chi connectivity index (χ2n) is 16.9. The zero-order valence-electron chi connectivity index (χ0n) is 33.6. The van der Waals surface area contributed by atoms with Crippen LogP contribution in [0, 0.1) is 11.8 Å². The van der Waals surface area contributed by atoms with Crippen LogP contribution in [0.15, 0.2) is 48.6 Å². The minimum atomic E-state index is -4.30. The van der Waals surface area contributed by atoms with E-state index in [-0.39, 0.29) is 28.9 Å². The van der Waals surface area contributed by atoms with Gasteiger partial charge in [-0.15, -0.1) is 0 Å². The van der Waals surface area contributed by atoms with Gasteiger partial charge < -0.3 is 29.1 Å². The zero-order chi connectivity index (χ0) is 40.5. The summed E-state index contributed by atoms with van der Waals surface area (Å²) in [4.78, 5) is 34.0. The first kappa shape index (κ1) is 41.9. The Balaban J connectivity index is 1.28. The highest BCUT2D eigenvalue weighted by Crippen LogP contribution is 2.48. The molecule has 2 bridgehead atoms. The molecule has 2 aromatic carbocycles. The number of hydrogen-bond acceptors (Lipinski definition) is 10. The Bertz CT molecular complexity index is 1950. The molecule has 0 radical (unpaired) electrons. The lowest BCUT2D eigenvalue weighted by Crippen LogP contribution is -2.52. The van der Waals surface area contributed by atoms with Crippen LogP contribution in [-0.2, 0) is 46.7 Å². The number of benzene rings is 2. The SMILES string of the molecule is C[C@@H]1COCCN1CCO[C@H]1/C=C\CCN(C)C(=O)C[C@](O)(C(=O)NS(=O)(=O)N(C)C)c2ccc3c(c2)N(C[C@@H]2CC[C@H]21)C[C@@]1(CCCc2cc(Cl)ccc21)CO3. The predicted octanol–water partition coefficient (Wildman–Crippen LogP) is 3.86. The summed E-state index contributed by atoms with van der Waals surface area (Å²) in [7, 11) is -0.116. The molecule has 1 saturated heterocycles. The number of aryl methyl sites for hydroxylation is 1. The summed E-state index contributed by atoms with van der Waals surface area (Å²) >= 11 is 6.50. The van der Waals surface area contributed by atoms with Crippen LogP contribution in [0.5, 0.6) is 5.75 Å². The van der Waals surface area contributed by atoms with Gasteiger partial charge >= 0.3 is 10.2 Å². The van der Waals surface area contributed by atoms with E-state index < -0.39 is 34.0 Å². The van der Waals surface area contributed by atoms with Crippen LogP contribution in [0.1, 0.15) is 62.1 Å². The molecule has 57 heavy (non-hydrogen) atoms. The van der Waals surface area contributed by atoms with E-state index in [1.165, 1.54) is 30.1 Å². The summed E-state index contributed by atoms with van der Waals surface area (Å²) in [6, 6.07) is 11.5. The third-order valence-corrected chi connectivity index (χ3v) is 14.6. The molecule has 15 heteroatoms. The number of nitrogens with zero attached hydrogens (tertiary/aromatic N) is 4. The van der Waals surface area contributed by atoms with E-state index in [1.807, 2.05) is 10.8 Å². The Labute approximate surface area is 342 Å². The first-order valence-corrected chi connectivity index (χ1v) is 22.1. The predicted molar refractivity (Wildman–Crippen MR) is 219 cm³/mol. The average molecular weight is 828 g/mol. The highest BCUT2D eigenvalue weighted by molar-refractivity contribution is 7.87. The number of fused-ring (bicyclic) bond motifs is 4. The molecule has 3 aliphatic heterocycles. The van der Waals surface area contributed by atoms with Crippen LogP contribution in [0.3, 0.4) is 0 Å². The Morgan fingerprint density at radius 3 is 2.74 bits per heavy atom. The van der Waals surface area contributed by atoms with E-state index in [0.29, 0.717) is 61.8 Å². The third-order valence-electron chi connectivity index (χ3n) is 12.9. The number of carbonyl (C=O) groups excluding carboxylic acids is 2. The van der Waals surface area contributed by atoms with Crippen molar-refractivity contribution in [1.29, 1.82) is 0 Å². The van der Waals surface area contributed by atoms with E-state index in [1.54, 1.807) is 25.2 Å². The molecule has 6 atom stereocenters. The number of halogens is 1. The van der Waals surface area contributed by atoms with Crippen LogP contribution in [0.2, 0.25) is 5.02 Å². The fourth-order valence-corrected chi connectivity index (χ4v) is 9.99. The summed E-state index contributed by atoms with van der Waals surface area (Å²) < 4.78 is 47.8. The number of morpholine rings is 1. The fraction of sp³-hybridized carbons (Fsp3) is 0.619. The summed E-state index contributed by atoms with van der Waals surface area (Å²) in [6.45, 7) is 7.96. The Kier molecular flexibility index (Phi) is 12.6. The molecule has 0 aromatic heterocycles. The first-order valence-electron chi connectivity index (χ1n) is 20.3. The van der Waals surface area contributed by atoms with Gasteiger partial charge in [0.25, 0.3) is 5.91 Å². The molecule has 1 spiro atoms. The maximum absolute atomic E-state index is 14.0. The van der Waals surface area contributed by atoms with Gasteiger partial charge in [0.05, 0.1) is 44.6 Å². The maximum atomic E-state index is 14.0. The summed E-state index contributed by atoms with van der Waals surface area (Å²) in [5.74, 6) is -0.611. The summed E-state index contributed by atoms with van der Waals surface area (Å²) in [6.07, 6.45) is 8.79. The Morgan fingerprint density at radius 1 is 1.16 bits per heavy atom. The number of nitrogens with one attached hydrogen (secondary N) is 1. The molecule has 2 N–H and O–H groups in total. The van der Waals surface area contributed by atoms with E-state index in [2.05, 4.69) is 41.0 Å². The molecule has 2 aromatic rings. The monoisotopic (exact) mass is 827 g/mol. The van der Waals surface area contributed by atoms with Crippen molar-refractivity contribution in [2.45, 2.75) is 75.0 Å². The van der Waals surface area contributed by atoms with Gasteiger partial charge in [-0.3, -0.25) is 14.5 Å². The molecule has 1 saturated carbocycles. The average Bonchev–Trinajstić information content (AvgIpc) is 3.31. The standard InChI is InChI=1S/C42H58ClN5O8S/c1-29-26-54-20-18-47(29)19-21-55-37-9-5-6-17-46(4)39(49)24-42(51,40(50)44-57(52,53)45(2)3)32-11-15-38-36(23-32)48(25-31-10-13-34(31)37)27-41(28-56-38)16-7-8-30-22-33(43)12-14-35(30)41/h5,9,11-12,14-15,22-23,29,31,34,37,51H,6-8,10,13,16-21,24-28H2,1-4H3,(H,44,50)/b9-5-/t29-,31+,34-,37+,41+,42-/m1/s1. The van der Waals surface area contributed by atoms with E-state index >= 15 is 0 Å². The van der Waals surface area contributed by atoms with Gasteiger partial charge in [-0.25, -0.2) is 4.72 Å². The topological polar surface area (TPSA) is 141 Å². The van der Waals surface area contributed by atoms with Crippen LogP contribution in [0.25, 0.3) is 0 Å². The van der Waals surface area contributed by atoms with E-state index in [4.69, 9.17) is 25.8 Å². The molecule has 7 rings (SSSR count). The number of ether oxygens (including phenoxy) is 3. The molecule has 312 valence electrons. The second kappa shape index (κ2) is 17.2. The quantitative estimate of drug-likeness (QED) is 0.396. The van der Waals surface area contributed by atoms with Crippen LogP contribution >= 0.6 is 11.6 Å². The van der Waals surface area contributed by atoms with Crippen molar-refractivity contribution in [3.8, 4) is 5.75 Å². The lowest BCUT2D eigenvalue weighted by atomic mass is 9.68. The third kappa shape index (κ3) is 8.88. The van der Waals surface area contributed by atoms with Gasteiger partial charge in [-0.1, -0.05) is 35.9 Å². The van der Waals surface area contributed by atoms with Gasteiger partial charge in [0.1, 0.15) is 5.75 Å². The number of anilines is 1. The van der Waals surface area contributed by atoms with Crippen molar-refractivity contribution in [3.05, 3.63) is 70.3 Å². The highest BCUT2D eigenvalue weighted by atomic mass is 35.5. The molecular weight excluding hydrogens is 770 g/mol. The molecule has 2 aliphatic carbocycles. The Hall–Kier alpha value is -3.24. The lowest BCUT2D eigenvalue weighted by molar-refractivity contribution is -0.148. The van der Waals surface area contributed by atoms with Gasteiger partial charge in [-0.2, -0.15) is 12.7 Å². The zero-order valence-corrected chi connectivity index (χ0v) is 35.2. The molecule has 2 fully saturated rings. The van der Waals surface area contributed by atoms with Gasteiger partial charge in [0.15, 0.2) is 5.60 Å².